The van der Waals surface area contributed by atoms with Crippen LogP contribution in [-0.4, -0.2) is 15.0 Å². The summed E-state index contributed by atoms with van der Waals surface area (Å²) in [5.41, 5.74) is 8.24. The van der Waals surface area contributed by atoms with E-state index in [-0.39, 0.29) is 0 Å². The van der Waals surface area contributed by atoms with Gasteiger partial charge >= 0.3 is 0 Å². The Balaban J connectivity index is 1.18. The van der Waals surface area contributed by atoms with E-state index in [2.05, 4.69) is 48.5 Å². The summed E-state index contributed by atoms with van der Waals surface area (Å²) in [7, 11) is 0. The van der Waals surface area contributed by atoms with Crippen molar-refractivity contribution in [3.05, 3.63) is 140 Å². The molecule has 6 aromatic carbocycles. The molecular weight excluding hydrogens is 542 g/mol. The van der Waals surface area contributed by atoms with E-state index in [1.165, 1.54) is 0 Å². The van der Waals surface area contributed by atoms with E-state index in [4.69, 9.17) is 23.8 Å². The summed E-state index contributed by atoms with van der Waals surface area (Å²) in [5.74, 6) is 1.88. The summed E-state index contributed by atoms with van der Waals surface area (Å²) in [6.45, 7) is 0. The van der Waals surface area contributed by atoms with Crippen molar-refractivity contribution < 1.29 is 8.83 Å². The van der Waals surface area contributed by atoms with Gasteiger partial charge in [0, 0.05) is 43.8 Å². The van der Waals surface area contributed by atoms with Crippen LogP contribution in [0, 0.1) is 0 Å². The summed E-state index contributed by atoms with van der Waals surface area (Å²) < 4.78 is 12.7. The molecule has 9 aromatic rings. The van der Waals surface area contributed by atoms with Crippen molar-refractivity contribution in [2.24, 2.45) is 0 Å². The van der Waals surface area contributed by atoms with Gasteiger partial charge in [-0.25, -0.2) is 15.0 Å². The molecule has 0 N–H and O–H groups in total. The van der Waals surface area contributed by atoms with Gasteiger partial charge in [-0.1, -0.05) is 103 Å². The highest BCUT2D eigenvalue weighted by Crippen LogP contribution is 2.39. The van der Waals surface area contributed by atoms with Crippen molar-refractivity contribution in [3.8, 4) is 45.3 Å². The lowest BCUT2D eigenvalue weighted by atomic mass is 10.0. The first-order valence-corrected chi connectivity index (χ1v) is 14.5. The normalized spacial score (nSPS) is 11.6. The minimum Gasteiger partial charge on any atom is -0.456 e. The molecule has 0 spiro atoms. The summed E-state index contributed by atoms with van der Waals surface area (Å²) >= 11 is 0. The predicted octanol–water partition coefficient (Wildman–Crippen LogP) is 10.3. The van der Waals surface area contributed by atoms with Crippen molar-refractivity contribution in [2.75, 3.05) is 0 Å². The Morgan fingerprint density at radius 1 is 0.341 bits per heavy atom. The number of rotatable bonds is 4. The van der Waals surface area contributed by atoms with Crippen LogP contribution in [0.2, 0.25) is 0 Å². The number of furan rings is 2. The number of para-hydroxylation sites is 2. The lowest BCUT2D eigenvalue weighted by Crippen LogP contribution is -2.00. The molecule has 0 atom stereocenters. The molecule has 0 aliphatic rings. The fraction of sp³-hybridized carbons (Fsp3) is 0. The first-order valence-electron chi connectivity index (χ1n) is 14.5. The zero-order chi connectivity index (χ0) is 29.0. The van der Waals surface area contributed by atoms with Crippen LogP contribution in [0.5, 0.6) is 0 Å². The van der Waals surface area contributed by atoms with Crippen LogP contribution < -0.4 is 0 Å². The quantitative estimate of drug-likeness (QED) is 0.212. The average Bonchev–Trinajstić information content (AvgIpc) is 3.66. The van der Waals surface area contributed by atoms with E-state index in [1.807, 2.05) is 91.0 Å². The van der Waals surface area contributed by atoms with Gasteiger partial charge in [-0.2, -0.15) is 0 Å². The molecule has 0 amide bonds. The summed E-state index contributed by atoms with van der Waals surface area (Å²) in [6, 6.07) is 47.0. The fourth-order valence-electron chi connectivity index (χ4n) is 6.00. The molecule has 44 heavy (non-hydrogen) atoms. The first kappa shape index (κ1) is 24.5. The van der Waals surface area contributed by atoms with Crippen molar-refractivity contribution in [3.63, 3.8) is 0 Å². The second-order valence-electron chi connectivity index (χ2n) is 10.8. The van der Waals surface area contributed by atoms with Gasteiger partial charge in [0.25, 0.3) is 0 Å². The first-order chi connectivity index (χ1) is 21.8. The predicted molar refractivity (Wildman–Crippen MR) is 176 cm³/mol. The van der Waals surface area contributed by atoms with Crippen molar-refractivity contribution in [1.82, 2.24) is 15.0 Å². The number of benzene rings is 6. The molecule has 3 aromatic heterocycles. The molecule has 0 bridgehead atoms. The lowest BCUT2D eigenvalue weighted by Gasteiger charge is -2.08. The lowest BCUT2D eigenvalue weighted by molar-refractivity contribution is 0.668. The third-order valence-electron chi connectivity index (χ3n) is 8.14. The summed E-state index contributed by atoms with van der Waals surface area (Å²) in [6.07, 6.45) is 0. The Morgan fingerprint density at radius 2 is 0.932 bits per heavy atom. The third kappa shape index (κ3) is 3.98. The van der Waals surface area contributed by atoms with E-state index in [0.717, 1.165) is 71.7 Å². The highest BCUT2D eigenvalue weighted by molar-refractivity contribution is 6.11. The maximum Gasteiger partial charge on any atom is 0.164 e. The summed E-state index contributed by atoms with van der Waals surface area (Å²) in [4.78, 5) is 14.6. The van der Waals surface area contributed by atoms with Crippen LogP contribution >= 0.6 is 0 Å². The molecule has 0 saturated heterocycles. The molecule has 5 heteroatoms. The average molecular weight is 566 g/mol. The number of hydrogen-bond acceptors (Lipinski definition) is 5. The Labute approximate surface area is 252 Å². The van der Waals surface area contributed by atoms with Gasteiger partial charge in [0.2, 0.25) is 0 Å². The Kier molecular flexibility index (Phi) is 5.43. The molecule has 0 fully saturated rings. The molecule has 9 rings (SSSR count). The van der Waals surface area contributed by atoms with Crippen LogP contribution in [-0.2, 0) is 0 Å². The van der Waals surface area contributed by atoms with E-state index in [9.17, 15) is 0 Å². The highest BCUT2D eigenvalue weighted by Gasteiger charge is 2.16. The summed E-state index contributed by atoms with van der Waals surface area (Å²) in [5, 5.41) is 4.26. The zero-order valence-corrected chi connectivity index (χ0v) is 23.4. The Bertz CT molecular complexity index is 2440. The van der Waals surface area contributed by atoms with Crippen LogP contribution in [0.15, 0.2) is 148 Å². The van der Waals surface area contributed by atoms with E-state index in [0.29, 0.717) is 17.5 Å². The van der Waals surface area contributed by atoms with Crippen LogP contribution in [0.1, 0.15) is 0 Å². The monoisotopic (exact) mass is 565 g/mol. The number of aromatic nitrogens is 3. The maximum atomic E-state index is 6.38. The van der Waals surface area contributed by atoms with Crippen molar-refractivity contribution in [1.29, 1.82) is 0 Å². The topological polar surface area (TPSA) is 65.0 Å². The molecule has 0 aliphatic heterocycles. The second kappa shape index (κ2) is 9.75. The number of nitrogens with zero attached hydrogens (tertiary/aromatic N) is 3. The van der Waals surface area contributed by atoms with Crippen molar-refractivity contribution in [2.45, 2.75) is 0 Å². The van der Waals surface area contributed by atoms with Gasteiger partial charge in [0.15, 0.2) is 17.5 Å². The molecule has 0 radical (unpaired) electrons. The van der Waals surface area contributed by atoms with E-state index < -0.39 is 0 Å². The highest BCUT2D eigenvalue weighted by atomic mass is 16.3. The molecule has 3 heterocycles. The van der Waals surface area contributed by atoms with Gasteiger partial charge in [0.1, 0.15) is 22.3 Å². The minimum absolute atomic E-state index is 0.613. The number of hydrogen-bond donors (Lipinski definition) is 0. The molecule has 206 valence electrons. The van der Waals surface area contributed by atoms with Gasteiger partial charge < -0.3 is 8.83 Å². The standard InChI is InChI=1S/C39H23N3O2/c1-3-10-24(11-4-1)37-40-38(25-12-5-2-6-13-25)42-39(41-37)27-19-21-34-32(22-27)30-20-18-26(23-35(30)43-34)28-15-9-16-31-29-14-7-8-17-33(29)44-36(28)31/h1-23H. The zero-order valence-electron chi connectivity index (χ0n) is 23.4. The smallest absolute Gasteiger partial charge is 0.164 e. The second-order valence-corrected chi connectivity index (χ2v) is 10.8. The minimum atomic E-state index is 0.613. The largest absolute Gasteiger partial charge is 0.456 e. The Hall–Kier alpha value is -6.07. The number of fused-ring (bicyclic) bond motifs is 6. The molecule has 0 saturated carbocycles. The molecule has 0 unspecified atom stereocenters. The maximum absolute atomic E-state index is 6.38. The third-order valence-corrected chi connectivity index (χ3v) is 8.14. The van der Waals surface area contributed by atoms with Gasteiger partial charge in [-0.15, -0.1) is 0 Å². The van der Waals surface area contributed by atoms with Gasteiger partial charge in [0.05, 0.1) is 0 Å². The molecular formula is C39H23N3O2. The van der Waals surface area contributed by atoms with Crippen molar-refractivity contribution >= 4 is 43.9 Å². The fourth-order valence-corrected chi connectivity index (χ4v) is 6.00. The van der Waals surface area contributed by atoms with Gasteiger partial charge in [-0.3, -0.25) is 0 Å². The molecule has 5 nitrogen and oxygen atoms in total. The van der Waals surface area contributed by atoms with Crippen LogP contribution in [0.25, 0.3) is 89.2 Å². The van der Waals surface area contributed by atoms with Gasteiger partial charge in [-0.05, 0) is 42.0 Å². The Morgan fingerprint density at radius 3 is 1.68 bits per heavy atom. The SMILES string of the molecule is c1ccc(-c2nc(-c3ccccc3)nc(-c3ccc4oc5cc(-c6cccc7c6oc6ccccc67)ccc5c4c3)n2)cc1. The molecule has 0 aliphatic carbocycles. The van der Waals surface area contributed by atoms with Crippen LogP contribution in [0.4, 0.5) is 0 Å². The van der Waals surface area contributed by atoms with Crippen LogP contribution in [0.3, 0.4) is 0 Å². The van der Waals surface area contributed by atoms with E-state index >= 15 is 0 Å². The van der Waals surface area contributed by atoms with E-state index in [1.54, 1.807) is 0 Å².